The highest BCUT2D eigenvalue weighted by atomic mass is 79.9. The number of hydrogen-bond acceptors (Lipinski definition) is 3. The minimum absolute atomic E-state index is 0.292. The van der Waals surface area contributed by atoms with Gasteiger partial charge in [-0.25, -0.2) is 4.79 Å². The lowest BCUT2D eigenvalue weighted by molar-refractivity contribution is -0.136. The van der Waals surface area contributed by atoms with E-state index >= 15 is 0 Å². The number of methoxy groups -OCH3 is 1. The Morgan fingerprint density at radius 1 is 1.56 bits per heavy atom. The maximum absolute atomic E-state index is 11.4. The van der Waals surface area contributed by atoms with Gasteiger partial charge in [0.05, 0.1) is 17.8 Å². The van der Waals surface area contributed by atoms with Crippen LogP contribution in [0, 0.1) is 0 Å². The van der Waals surface area contributed by atoms with Gasteiger partial charge in [-0.05, 0) is 24.6 Å². The molecule has 0 fully saturated rings. The molecule has 0 spiro atoms. The SMILES string of the molecule is CC/C(=C/CNc1cc(Br)ccc1Cl)C(=O)OC. The third-order valence-electron chi connectivity index (χ3n) is 2.40. The van der Waals surface area contributed by atoms with Crippen LogP contribution in [0.5, 0.6) is 0 Å². The summed E-state index contributed by atoms with van der Waals surface area (Å²) >= 11 is 9.42. The molecule has 0 unspecified atom stereocenters. The molecule has 0 saturated carbocycles. The molecule has 3 nitrogen and oxygen atoms in total. The monoisotopic (exact) mass is 331 g/mol. The highest BCUT2D eigenvalue weighted by Crippen LogP contribution is 2.25. The van der Waals surface area contributed by atoms with Crippen molar-refractivity contribution in [2.75, 3.05) is 19.0 Å². The molecule has 0 radical (unpaired) electrons. The van der Waals surface area contributed by atoms with Crippen molar-refractivity contribution in [3.63, 3.8) is 0 Å². The number of nitrogens with one attached hydrogen (secondary N) is 1. The van der Waals surface area contributed by atoms with Gasteiger partial charge in [0.25, 0.3) is 0 Å². The number of anilines is 1. The molecule has 1 rings (SSSR count). The lowest BCUT2D eigenvalue weighted by atomic mass is 10.2. The Morgan fingerprint density at radius 3 is 2.89 bits per heavy atom. The largest absolute Gasteiger partial charge is 0.466 e. The van der Waals surface area contributed by atoms with Crippen molar-refractivity contribution in [3.8, 4) is 0 Å². The molecule has 0 atom stereocenters. The zero-order valence-corrected chi connectivity index (χ0v) is 12.6. The van der Waals surface area contributed by atoms with Gasteiger partial charge in [0.1, 0.15) is 0 Å². The Kier molecular flexibility index (Phi) is 6.22. The number of ether oxygens (including phenoxy) is 1. The van der Waals surface area contributed by atoms with Gasteiger partial charge >= 0.3 is 5.97 Å². The average Bonchev–Trinajstić information content (AvgIpc) is 2.37. The second-order valence-electron chi connectivity index (χ2n) is 3.58. The minimum atomic E-state index is -0.292. The van der Waals surface area contributed by atoms with Crippen LogP contribution >= 0.6 is 27.5 Å². The Balaban J connectivity index is 2.67. The summed E-state index contributed by atoms with van der Waals surface area (Å²) in [7, 11) is 1.38. The predicted molar refractivity (Wildman–Crippen MR) is 78.0 cm³/mol. The van der Waals surface area contributed by atoms with Crippen LogP contribution in [-0.4, -0.2) is 19.6 Å². The van der Waals surface area contributed by atoms with Gasteiger partial charge in [0.15, 0.2) is 0 Å². The predicted octanol–water partition coefficient (Wildman–Crippen LogP) is 4.02. The summed E-state index contributed by atoms with van der Waals surface area (Å²) < 4.78 is 5.63. The van der Waals surface area contributed by atoms with Crippen LogP contribution < -0.4 is 5.32 Å². The van der Waals surface area contributed by atoms with E-state index in [0.717, 1.165) is 10.2 Å². The third-order valence-corrected chi connectivity index (χ3v) is 3.22. The molecule has 0 aliphatic heterocycles. The lowest BCUT2D eigenvalue weighted by Crippen LogP contribution is -2.07. The molecular weight excluding hydrogens is 318 g/mol. The van der Waals surface area contributed by atoms with E-state index in [1.54, 1.807) is 6.07 Å². The quantitative estimate of drug-likeness (QED) is 0.653. The van der Waals surface area contributed by atoms with Crippen molar-refractivity contribution in [2.24, 2.45) is 0 Å². The molecule has 0 heterocycles. The molecule has 0 bridgehead atoms. The van der Waals surface area contributed by atoms with Crippen molar-refractivity contribution in [3.05, 3.63) is 39.3 Å². The summed E-state index contributed by atoms with van der Waals surface area (Å²) in [6, 6.07) is 5.56. The fourth-order valence-electron chi connectivity index (χ4n) is 1.42. The van der Waals surface area contributed by atoms with Crippen LogP contribution in [0.25, 0.3) is 0 Å². The first-order valence-corrected chi connectivity index (χ1v) is 6.71. The summed E-state index contributed by atoms with van der Waals surface area (Å²) in [5.41, 5.74) is 1.47. The van der Waals surface area contributed by atoms with Crippen molar-refractivity contribution in [1.29, 1.82) is 0 Å². The second-order valence-corrected chi connectivity index (χ2v) is 4.90. The van der Waals surface area contributed by atoms with Gasteiger partial charge in [-0.3, -0.25) is 0 Å². The number of carbonyl (C=O) groups is 1. The van der Waals surface area contributed by atoms with Gasteiger partial charge in [-0.15, -0.1) is 0 Å². The van der Waals surface area contributed by atoms with E-state index in [4.69, 9.17) is 11.6 Å². The number of benzene rings is 1. The van der Waals surface area contributed by atoms with Gasteiger partial charge in [0, 0.05) is 16.6 Å². The molecule has 1 aromatic rings. The molecule has 98 valence electrons. The smallest absolute Gasteiger partial charge is 0.333 e. The molecule has 0 aromatic heterocycles. The van der Waals surface area contributed by atoms with E-state index in [9.17, 15) is 4.79 Å². The molecule has 18 heavy (non-hydrogen) atoms. The third kappa shape index (κ3) is 4.35. The van der Waals surface area contributed by atoms with E-state index in [2.05, 4.69) is 26.0 Å². The first-order valence-electron chi connectivity index (χ1n) is 5.54. The van der Waals surface area contributed by atoms with Crippen molar-refractivity contribution in [2.45, 2.75) is 13.3 Å². The van der Waals surface area contributed by atoms with Gasteiger partial charge in [-0.1, -0.05) is 40.5 Å². The van der Waals surface area contributed by atoms with Crippen LogP contribution in [0.15, 0.2) is 34.3 Å². The van der Waals surface area contributed by atoms with E-state index < -0.39 is 0 Å². The fraction of sp³-hybridized carbons (Fsp3) is 0.308. The molecule has 0 saturated heterocycles. The first kappa shape index (κ1) is 15.1. The van der Waals surface area contributed by atoms with Crippen molar-refractivity contribution in [1.82, 2.24) is 0 Å². The zero-order valence-electron chi connectivity index (χ0n) is 10.3. The van der Waals surface area contributed by atoms with Crippen molar-refractivity contribution < 1.29 is 9.53 Å². The van der Waals surface area contributed by atoms with Crippen molar-refractivity contribution >= 4 is 39.2 Å². The summed E-state index contributed by atoms with van der Waals surface area (Å²) in [6.45, 7) is 2.43. The fourth-order valence-corrected chi connectivity index (χ4v) is 1.97. The van der Waals surface area contributed by atoms with E-state index in [0.29, 0.717) is 23.6 Å². The number of halogens is 2. The Bertz CT molecular complexity index is 460. The number of esters is 1. The number of carbonyl (C=O) groups excluding carboxylic acids is 1. The molecular formula is C13H15BrClNO2. The highest BCUT2D eigenvalue weighted by Gasteiger charge is 2.06. The Morgan fingerprint density at radius 2 is 2.28 bits per heavy atom. The number of rotatable bonds is 5. The molecule has 1 aromatic carbocycles. The summed E-state index contributed by atoms with van der Waals surface area (Å²) in [6.07, 6.45) is 2.45. The van der Waals surface area contributed by atoms with Gasteiger partial charge in [-0.2, -0.15) is 0 Å². The molecule has 0 aliphatic carbocycles. The van der Waals surface area contributed by atoms with E-state index in [-0.39, 0.29) is 5.97 Å². The Labute approximate surface area is 120 Å². The molecule has 5 heteroatoms. The summed E-state index contributed by atoms with van der Waals surface area (Å²) in [5.74, 6) is -0.292. The molecule has 0 amide bonds. The van der Waals surface area contributed by atoms with E-state index in [1.807, 2.05) is 25.1 Å². The van der Waals surface area contributed by atoms with Crippen LogP contribution in [0.4, 0.5) is 5.69 Å². The highest BCUT2D eigenvalue weighted by molar-refractivity contribution is 9.10. The molecule has 0 aliphatic rings. The van der Waals surface area contributed by atoms with Crippen LogP contribution in [0.2, 0.25) is 5.02 Å². The first-order chi connectivity index (χ1) is 8.58. The lowest BCUT2D eigenvalue weighted by Gasteiger charge is -2.07. The normalized spacial score (nSPS) is 11.2. The summed E-state index contributed by atoms with van der Waals surface area (Å²) in [5, 5.41) is 3.79. The average molecular weight is 333 g/mol. The van der Waals surface area contributed by atoms with Crippen LogP contribution in [0.3, 0.4) is 0 Å². The van der Waals surface area contributed by atoms with Gasteiger partial charge in [0.2, 0.25) is 0 Å². The van der Waals surface area contributed by atoms with Crippen LogP contribution in [0.1, 0.15) is 13.3 Å². The number of hydrogen-bond donors (Lipinski definition) is 1. The maximum atomic E-state index is 11.4. The van der Waals surface area contributed by atoms with Gasteiger partial charge < -0.3 is 10.1 Å². The standard InChI is InChI=1S/C13H15BrClNO2/c1-3-9(13(17)18-2)6-7-16-12-8-10(14)4-5-11(12)15/h4-6,8,16H,3,7H2,1-2H3/b9-6-. The minimum Gasteiger partial charge on any atom is -0.466 e. The maximum Gasteiger partial charge on any atom is 0.333 e. The topological polar surface area (TPSA) is 38.3 Å². The van der Waals surface area contributed by atoms with E-state index in [1.165, 1.54) is 7.11 Å². The molecule has 1 N–H and O–H groups in total. The summed E-state index contributed by atoms with van der Waals surface area (Å²) in [4.78, 5) is 11.4. The Hall–Kier alpha value is -1.00. The second kappa shape index (κ2) is 7.44. The van der Waals surface area contributed by atoms with Crippen LogP contribution in [-0.2, 0) is 9.53 Å². The zero-order chi connectivity index (χ0) is 13.5.